The average molecular weight is 439 g/mol. The van der Waals surface area contributed by atoms with Crippen LogP contribution in [0.5, 0.6) is 0 Å². The van der Waals surface area contributed by atoms with Gasteiger partial charge in [0.05, 0.1) is 5.02 Å². The van der Waals surface area contributed by atoms with E-state index in [1.54, 1.807) is 36.4 Å². The average Bonchev–Trinajstić information content (AvgIpc) is 2.78. The minimum absolute atomic E-state index is 0.0537. The highest BCUT2D eigenvalue weighted by Gasteiger charge is 2.20. The van der Waals surface area contributed by atoms with E-state index < -0.39 is 5.82 Å². The zero-order chi connectivity index (χ0) is 22.4. The Labute approximate surface area is 186 Å². The Balaban J connectivity index is 1.73. The van der Waals surface area contributed by atoms with Crippen molar-refractivity contribution in [1.29, 1.82) is 0 Å². The van der Waals surface area contributed by atoms with Crippen LogP contribution >= 0.6 is 11.6 Å². The third kappa shape index (κ3) is 5.70. The molecule has 160 valence electrons. The van der Waals surface area contributed by atoms with E-state index in [1.807, 2.05) is 44.2 Å². The number of benzene rings is 3. The van der Waals surface area contributed by atoms with Crippen molar-refractivity contribution in [3.63, 3.8) is 0 Å². The number of carbonyl (C=O) groups is 2. The Morgan fingerprint density at radius 3 is 2.35 bits per heavy atom. The van der Waals surface area contributed by atoms with Gasteiger partial charge in [-0.3, -0.25) is 20.0 Å². The second-order valence-corrected chi connectivity index (χ2v) is 7.86. The molecule has 3 rings (SSSR count). The van der Waals surface area contributed by atoms with E-state index in [0.29, 0.717) is 12.0 Å². The van der Waals surface area contributed by atoms with Crippen LogP contribution in [0.3, 0.4) is 0 Å². The number of carbonyl (C=O) groups excluding carboxylic acids is 2. The van der Waals surface area contributed by atoms with E-state index in [1.165, 1.54) is 11.1 Å². The molecule has 2 amide bonds. The molecule has 0 aliphatic heterocycles. The summed E-state index contributed by atoms with van der Waals surface area (Å²) >= 11 is 5.94. The number of rotatable bonds is 6. The predicted molar refractivity (Wildman–Crippen MR) is 121 cm³/mol. The van der Waals surface area contributed by atoms with Crippen LogP contribution in [0.15, 0.2) is 72.8 Å². The molecule has 1 N–H and O–H groups in total. The summed E-state index contributed by atoms with van der Waals surface area (Å²) in [5.74, 6) is -0.991. The number of nitrogens with one attached hydrogen (secondary N) is 1. The topological polar surface area (TPSA) is 49.4 Å². The third-order valence-electron chi connectivity index (χ3n) is 4.90. The number of hydrogen-bond donors (Lipinski definition) is 1. The number of hydrazine groups is 1. The molecular formula is C25H24ClFN2O2. The Bertz CT molecular complexity index is 1070. The van der Waals surface area contributed by atoms with Crippen LogP contribution in [0.1, 0.15) is 36.2 Å². The van der Waals surface area contributed by atoms with E-state index in [2.05, 4.69) is 5.43 Å². The van der Waals surface area contributed by atoms with Gasteiger partial charge >= 0.3 is 0 Å². The fourth-order valence-electron chi connectivity index (χ4n) is 3.29. The summed E-state index contributed by atoms with van der Waals surface area (Å²) in [5, 5.41) is 1.42. The molecule has 31 heavy (non-hydrogen) atoms. The molecule has 0 unspecified atom stereocenters. The standard InChI is InChI=1S/C25H24ClFN2O2/c1-17(2)29(28-25(31)19-9-4-3-5-10-19)24(30)15-13-18-8-6-7-11-21(18)20-12-14-23(27)22(26)16-20/h3-12,14,16-17H,13,15H2,1-2H3,(H,28,31). The molecule has 6 heteroatoms. The predicted octanol–water partition coefficient (Wildman–Crippen LogP) is 5.66. The zero-order valence-corrected chi connectivity index (χ0v) is 18.2. The first-order chi connectivity index (χ1) is 14.9. The lowest BCUT2D eigenvalue weighted by molar-refractivity contribution is -0.135. The first kappa shape index (κ1) is 22.5. The summed E-state index contributed by atoms with van der Waals surface area (Å²) < 4.78 is 13.5. The molecule has 0 saturated carbocycles. The maximum absolute atomic E-state index is 13.5. The van der Waals surface area contributed by atoms with Crippen LogP contribution < -0.4 is 5.43 Å². The number of amides is 2. The molecule has 0 aliphatic carbocycles. The summed E-state index contributed by atoms with van der Waals surface area (Å²) in [7, 11) is 0. The number of hydrogen-bond acceptors (Lipinski definition) is 2. The van der Waals surface area contributed by atoms with Crippen molar-refractivity contribution in [3.05, 3.63) is 94.8 Å². The van der Waals surface area contributed by atoms with Gasteiger partial charge in [-0.1, -0.05) is 60.1 Å². The molecule has 0 saturated heterocycles. The molecule has 0 heterocycles. The Kier molecular flexibility index (Phi) is 7.42. The van der Waals surface area contributed by atoms with Gasteiger partial charge in [0.1, 0.15) is 5.82 Å². The highest BCUT2D eigenvalue weighted by atomic mass is 35.5. The zero-order valence-electron chi connectivity index (χ0n) is 17.4. The summed E-state index contributed by atoms with van der Waals surface area (Å²) in [6, 6.07) is 20.8. The highest BCUT2D eigenvalue weighted by molar-refractivity contribution is 6.31. The molecule has 0 radical (unpaired) electrons. The van der Waals surface area contributed by atoms with Crippen molar-refractivity contribution in [2.24, 2.45) is 0 Å². The lowest BCUT2D eigenvalue weighted by Gasteiger charge is -2.27. The lowest BCUT2D eigenvalue weighted by atomic mass is 9.96. The molecule has 4 nitrogen and oxygen atoms in total. The molecule has 0 spiro atoms. The number of nitrogens with zero attached hydrogens (tertiary/aromatic N) is 1. The minimum atomic E-state index is -0.472. The van der Waals surface area contributed by atoms with E-state index in [4.69, 9.17) is 11.6 Å². The lowest BCUT2D eigenvalue weighted by Crippen LogP contribution is -2.50. The maximum atomic E-state index is 13.5. The van der Waals surface area contributed by atoms with Crippen LogP contribution in [-0.2, 0) is 11.2 Å². The second-order valence-electron chi connectivity index (χ2n) is 7.45. The van der Waals surface area contributed by atoms with E-state index in [-0.39, 0.29) is 29.3 Å². The van der Waals surface area contributed by atoms with Crippen molar-refractivity contribution >= 4 is 23.4 Å². The molecule has 0 aliphatic rings. The second kappa shape index (κ2) is 10.2. The summed E-state index contributed by atoms with van der Waals surface area (Å²) in [5.41, 5.74) is 5.82. The first-order valence-corrected chi connectivity index (χ1v) is 10.5. The van der Waals surface area contributed by atoms with Crippen molar-refractivity contribution in [3.8, 4) is 11.1 Å². The van der Waals surface area contributed by atoms with Gasteiger partial charge in [-0.2, -0.15) is 0 Å². The molecule has 3 aromatic rings. The number of aryl methyl sites for hydroxylation is 1. The van der Waals surface area contributed by atoms with Crippen LogP contribution in [-0.4, -0.2) is 22.9 Å². The van der Waals surface area contributed by atoms with E-state index in [9.17, 15) is 14.0 Å². The van der Waals surface area contributed by atoms with Gasteiger partial charge in [0.25, 0.3) is 5.91 Å². The Morgan fingerprint density at radius 1 is 1.00 bits per heavy atom. The van der Waals surface area contributed by atoms with Crippen LogP contribution in [0.2, 0.25) is 5.02 Å². The highest BCUT2D eigenvalue weighted by Crippen LogP contribution is 2.28. The molecule has 0 bridgehead atoms. The quantitative estimate of drug-likeness (QED) is 0.505. The fourth-order valence-corrected chi connectivity index (χ4v) is 3.47. The van der Waals surface area contributed by atoms with Crippen molar-refractivity contribution in [2.75, 3.05) is 0 Å². The van der Waals surface area contributed by atoms with Crippen molar-refractivity contribution in [1.82, 2.24) is 10.4 Å². The first-order valence-electron chi connectivity index (χ1n) is 10.1. The largest absolute Gasteiger partial charge is 0.273 e. The van der Waals surface area contributed by atoms with Gasteiger partial charge in [0, 0.05) is 18.0 Å². The summed E-state index contributed by atoms with van der Waals surface area (Å²) in [4.78, 5) is 25.4. The minimum Gasteiger partial charge on any atom is -0.273 e. The molecule has 0 atom stereocenters. The van der Waals surface area contributed by atoms with Gasteiger partial charge in [-0.25, -0.2) is 4.39 Å². The Morgan fingerprint density at radius 2 is 1.68 bits per heavy atom. The van der Waals surface area contributed by atoms with Crippen LogP contribution in [0.25, 0.3) is 11.1 Å². The number of halogens is 2. The molecule has 0 aromatic heterocycles. The van der Waals surface area contributed by atoms with Crippen molar-refractivity contribution in [2.45, 2.75) is 32.7 Å². The van der Waals surface area contributed by atoms with E-state index >= 15 is 0 Å². The monoisotopic (exact) mass is 438 g/mol. The smallest absolute Gasteiger partial charge is 0.269 e. The molecule has 0 fully saturated rings. The van der Waals surface area contributed by atoms with Gasteiger partial charge in [-0.05, 0) is 61.2 Å². The van der Waals surface area contributed by atoms with E-state index in [0.717, 1.165) is 16.7 Å². The Hall–Kier alpha value is -3.18. The SMILES string of the molecule is CC(C)N(NC(=O)c1ccccc1)C(=O)CCc1ccccc1-c1ccc(F)c(Cl)c1. The van der Waals surface area contributed by atoms with Gasteiger partial charge in [0.2, 0.25) is 5.91 Å². The van der Waals surface area contributed by atoms with Crippen LogP contribution in [0, 0.1) is 5.82 Å². The van der Waals surface area contributed by atoms with Gasteiger partial charge in [0.15, 0.2) is 0 Å². The fraction of sp³-hybridized carbons (Fsp3) is 0.200. The maximum Gasteiger partial charge on any atom is 0.269 e. The molecular weight excluding hydrogens is 415 g/mol. The summed E-state index contributed by atoms with van der Waals surface area (Å²) in [6.45, 7) is 3.69. The van der Waals surface area contributed by atoms with Gasteiger partial charge < -0.3 is 0 Å². The normalized spacial score (nSPS) is 10.7. The van der Waals surface area contributed by atoms with Gasteiger partial charge in [-0.15, -0.1) is 0 Å². The summed E-state index contributed by atoms with van der Waals surface area (Å²) in [6.07, 6.45) is 0.674. The van der Waals surface area contributed by atoms with Crippen LogP contribution in [0.4, 0.5) is 4.39 Å². The molecule has 3 aromatic carbocycles. The van der Waals surface area contributed by atoms with Crippen molar-refractivity contribution < 1.29 is 14.0 Å². The third-order valence-corrected chi connectivity index (χ3v) is 5.19.